The van der Waals surface area contributed by atoms with E-state index in [0.29, 0.717) is 31.3 Å². The van der Waals surface area contributed by atoms with Gasteiger partial charge in [-0.05, 0) is 67.5 Å². The Hall–Kier alpha value is -2.84. The lowest BCUT2D eigenvalue weighted by molar-refractivity contribution is -0.137. The third-order valence-electron chi connectivity index (χ3n) is 10.0. The summed E-state index contributed by atoms with van der Waals surface area (Å²) in [6, 6.07) is 8.17. The second-order valence-electron chi connectivity index (χ2n) is 14.0. The first-order chi connectivity index (χ1) is 21.8. The molecule has 8 nitrogen and oxygen atoms in total. The molecule has 0 radical (unpaired) electrons. The van der Waals surface area contributed by atoms with Gasteiger partial charge in [-0.15, -0.1) is 0 Å². The number of hydrogen-bond acceptors (Lipinski definition) is 6. The van der Waals surface area contributed by atoms with Crippen LogP contribution in [0.5, 0.6) is 0 Å². The number of hydrogen-bond donors (Lipinski definition) is 2. The first kappa shape index (κ1) is 39.3. The average molecular weight is 640 g/mol. The molecule has 0 saturated carbocycles. The zero-order chi connectivity index (χ0) is 34.6. The summed E-state index contributed by atoms with van der Waals surface area (Å²) in [5.41, 5.74) is 2.98. The predicted octanol–water partition coefficient (Wildman–Crippen LogP) is 6.75. The highest BCUT2D eigenvalue weighted by atomic mass is 16.5. The maximum atomic E-state index is 13.8. The molecule has 1 heterocycles. The molecule has 1 fully saturated rings. The number of anilines is 1. The number of ether oxygens (including phenoxy) is 1. The smallest absolute Gasteiger partial charge is 0.237 e. The number of amides is 2. The highest BCUT2D eigenvalue weighted by molar-refractivity contribution is 5.82. The van der Waals surface area contributed by atoms with E-state index in [1.165, 1.54) is 0 Å². The van der Waals surface area contributed by atoms with Crippen LogP contribution < -0.4 is 10.6 Å². The molecule has 1 aromatic rings. The Morgan fingerprint density at radius 1 is 1.07 bits per heavy atom. The molecule has 2 N–H and O–H groups in total. The molecule has 4 unspecified atom stereocenters. The van der Waals surface area contributed by atoms with Crippen molar-refractivity contribution in [1.82, 2.24) is 20.0 Å². The zero-order valence-corrected chi connectivity index (χ0v) is 30.6. The molecule has 1 aliphatic heterocycles. The first-order valence-electron chi connectivity index (χ1n) is 17.5. The molecule has 8 heteroatoms. The van der Waals surface area contributed by atoms with E-state index in [2.05, 4.69) is 106 Å². The lowest BCUT2D eigenvalue weighted by Crippen LogP contribution is -2.50. The number of methoxy groups -OCH3 is 1. The maximum absolute atomic E-state index is 13.8. The minimum atomic E-state index is -0.286. The summed E-state index contributed by atoms with van der Waals surface area (Å²) in [5, 5.41) is 6.29. The van der Waals surface area contributed by atoms with Crippen LogP contribution in [0, 0.1) is 23.7 Å². The Kier molecular flexibility index (Phi) is 16.3. The SMILES string of the molecule is C=CNc1ccc(CN(C)C(C(=O)NCC(=C)N(C)C(C(C)CC)C(CC)CC(=O)N2CCC[C@H]2[C@H](OC)C(C)C)C(C)C)cc1. The quantitative estimate of drug-likeness (QED) is 0.164. The second kappa shape index (κ2) is 19.1. The Bertz CT molecular complexity index is 1100. The molecule has 2 amide bonds. The van der Waals surface area contributed by atoms with Crippen LogP contribution in [0.25, 0.3) is 0 Å². The highest BCUT2D eigenvalue weighted by Gasteiger charge is 2.39. The van der Waals surface area contributed by atoms with Gasteiger partial charge >= 0.3 is 0 Å². The number of nitrogens with zero attached hydrogens (tertiary/aromatic N) is 3. The van der Waals surface area contributed by atoms with Crippen LogP contribution in [0.1, 0.15) is 86.1 Å². The Morgan fingerprint density at radius 3 is 2.24 bits per heavy atom. The summed E-state index contributed by atoms with van der Waals surface area (Å²) in [7, 11) is 5.85. The van der Waals surface area contributed by atoms with Crippen molar-refractivity contribution in [3.8, 4) is 0 Å². The lowest BCUT2D eigenvalue weighted by Gasteiger charge is -2.41. The summed E-state index contributed by atoms with van der Waals surface area (Å²) in [4.78, 5) is 33.9. The van der Waals surface area contributed by atoms with Gasteiger partial charge in [0.15, 0.2) is 0 Å². The third-order valence-corrected chi connectivity index (χ3v) is 10.0. The number of rotatable bonds is 20. The van der Waals surface area contributed by atoms with Crippen LogP contribution in [0.15, 0.2) is 49.3 Å². The van der Waals surface area contributed by atoms with E-state index in [9.17, 15) is 9.59 Å². The van der Waals surface area contributed by atoms with Gasteiger partial charge in [0.25, 0.3) is 0 Å². The topological polar surface area (TPSA) is 77.2 Å². The van der Waals surface area contributed by atoms with Crippen LogP contribution in [0.4, 0.5) is 5.69 Å². The first-order valence-corrected chi connectivity index (χ1v) is 17.5. The van der Waals surface area contributed by atoms with Gasteiger partial charge < -0.3 is 25.2 Å². The zero-order valence-electron chi connectivity index (χ0n) is 30.6. The van der Waals surface area contributed by atoms with Crippen LogP contribution in [0.2, 0.25) is 0 Å². The van der Waals surface area contributed by atoms with E-state index in [0.717, 1.165) is 49.2 Å². The molecule has 6 atom stereocenters. The second-order valence-corrected chi connectivity index (χ2v) is 14.0. The fourth-order valence-corrected chi connectivity index (χ4v) is 7.42. The molecule has 2 rings (SSSR count). The van der Waals surface area contributed by atoms with Crippen LogP contribution in [0.3, 0.4) is 0 Å². The summed E-state index contributed by atoms with van der Waals surface area (Å²) in [5.74, 6) is 1.23. The highest BCUT2D eigenvalue weighted by Crippen LogP contribution is 2.32. The lowest BCUT2D eigenvalue weighted by atomic mass is 9.82. The van der Waals surface area contributed by atoms with E-state index in [1.54, 1.807) is 13.3 Å². The van der Waals surface area contributed by atoms with Crippen molar-refractivity contribution in [3.05, 3.63) is 54.9 Å². The van der Waals surface area contributed by atoms with E-state index in [-0.39, 0.29) is 47.9 Å². The Balaban J connectivity index is 2.10. The molecule has 1 aromatic carbocycles. The normalized spacial score (nSPS) is 18.3. The minimum Gasteiger partial charge on any atom is -0.379 e. The van der Waals surface area contributed by atoms with Crippen molar-refractivity contribution >= 4 is 17.5 Å². The van der Waals surface area contributed by atoms with E-state index < -0.39 is 0 Å². The van der Waals surface area contributed by atoms with Crippen LogP contribution >= 0.6 is 0 Å². The fourth-order valence-electron chi connectivity index (χ4n) is 7.42. The fraction of sp³-hybridized carbons (Fsp3) is 0.684. The molecule has 260 valence electrons. The van der Waals surface area contributed by atoms with E-state index >= 15 is 0 Å². The molecular weight excluding hydrogens is 574 g/mol. The van der Waals surface area contributed by atoms with Crippen molar-refractivity contribution in [3.63, 3.8) is 0 Å². The standard InChI is InChI=1S/C38H65N5O3/c1-13-28(8)36(31(14-2)23-34(44)43-22-16-17-33(43)37(46-12)27(6)7)42(11)29(9)24-40-38(45)35(26(4)5)41(10)25-30-18-20-32(21-19-30)39-15-3/h15,18-21,26-28,31,33,35-37,39H,3,9,13-14,16-17,22-25H2,1-2,4-8,10-12H3,(H,40,45)/t28?,31?,33-,35?,36?,37+/m0/s1. The molecule has 0 bridgehead atoms. The Morgan fingerprint density at radius 2 is 1.72 bits per heavy atom. The molecule has 0 aromatic heterocycles. The third kappa shape index (κ3) is 10.6. The number of nitrogens with one attached hydrogen (secondary N) is 2. The Labute approximate surface area is 281 Å². The summed E-state index contributed by atoms with van der Waals surface area (Å²) in [6.07, 6.45) is 6.13. The summed E-state index contributed by atoms with van der Waals surface area (Å²) >= 11 is 0. The van der Waals surface area contributed by atoms with E-state index in [1.807, 2.05) is 19.2 Å². The molecule has 0 spiro atoms. The van der Waals surface area contributed by atoms with Crippen LogP contribution in [-0.4, -0.2) is 85.0 Å². The van der Waals surface area contributed by atoms with Gasteiger partial charge in [0, 0.05) is 51.1 Å². The average Bonchev–Trinajstić information content (AvgIpc) is 3.49. The largest absolute Gasteiger partial charge is 0.379 e. The maximum Gasteiger partial charge on any atom is 0.237 e. The summed E-state index contributed by atoms with van der Waals surface area (Å²) in [6.45, 7) is 25.1. The predicted molar refractivity (Wildman–Crippen MR) is 192 cm³/mol. The van der Waals surface area contributed by atoms with Gasteiger partial charge in [0.2, 0.25) is 11.8 Å². The van der Waals surface area contributed by atoms with Crippen LogP contribution in [-0.2, 0) is 20.9 Å². The number of carbonyl (C=O) groups excluding carboxylic acids is 2. The number of benzene rings is 1. The van der Waals surface area contributed by atoms with Crippen molar-refractivity contribution < 1.29 is 14.3 Å². The van der Waals surface area contributed by atoms with Crippen molar-refractivity contribution in [2.45, 2.75) is 111 Å². The van der Waals surface area contributed by atoms with Crippen molar-refractivity contribution in [1.29, 1.82) is 0 Å². The van der Waals surface area contributed by atoms with Gasteiger partial charge in [-0.25, -0.2) is 0 Å². The van der Waals surface area contributed by atoms with Gasteiger partial charge in [0.05, 0.1) is 24.7 Å². The molecule has 0 aliphatic carbocycles. The van der Waals surface area contributed by atoms with Gasteiger partial charge in [-0.2, -0.15) is 0 Å². The molecule has 1 saturated heterocycles. The van der Waals surface area contributed by atoms with Gasteiger partial charge in [-0.3, -0.25) is 14.5 Å². The monoisotopic (exact) mass is 640 g/mol. The van der Waals surface area contributed by atoms with Crippen molar-refractivity contribution in [2.24, 2.45) is 23.7 Å². The minimum absolute atomic E-state index is 0.00257. The number of likely N-dealkylation sites (N-methyl/N-ethyl adjacent to an activating group) is 2. The van der Waals surface area contributed by atoms with E-state index in [4.69, 9.17) is 4.74 Å². The molecule has 1 aliphatic rings. The van der Waals surface area contributed by atoms with Gasteiger partial charge in [-0.1, -0.05) is 86.6 Å². The summed E-state index contributed by atoms with van der Waals surface area (Å²) < 4.78 is 5.86. The van der Waals surface area contributed by atoms with Gasteiger partial charge in [0.1, 0.15) is 0 Å². The molecule has 46 heavy (non-hydrogen) atoms. The number of carbonyl (C=O) groups is 2. The van der Waals surface area contributed by atoms with Crippen molar-refractivity contribution in [2.75, 3.05) is 39.6 Å². The molecular formula is C38H65N5O3. The number of likely N-dealkylation sites (tertiary alicyclic amines) is 1.